The highest BCUT2D eigenvalue weighted by Gasteiger charge is 2.30. The fourth-order valence-electron chi connectivity index (χ4n) is 3.29. The van der Waals surface area contributed by atoms with Crippen LogP contribution in [0.25, 0.3) is 0 Å². The number of carbonyl (C=O) groups is 2. The summed E-state index contributed by atoms with van der Waals surface area (Å²) in [5.74, 6) is 0.571. The zero-order valence-corrected chi connectivity index (χ0v) is 22.5. The van der Waals surface area contributed by atoms with Gasteiger partial charge in [0, 0.05) is 28.4 Å². The van der Waals surface area contributed by atoms with Crippen molar-refractivity contribution in [3.05, 3.63) is 63.1 Å². The van der Waals surface area contributed by atoms with Crippen LogP contribution in [0.2, 0.25) is 15.1 Å². The molecule has 0 saturated carbocycles. The van der Waals surface area contributed by atoms with Crippen LogP contribution >= 0.6 is 46.6 Å². The van der Waals surface area contributed by atoms with Crippen molar-refractivity contribution in [2.24, 2.45) is 0 Å². The van der Waals surface area contributed by atoms with Crippen LogP contribution < -0.4 is 5.32 Å². The lowest BCUT2D eigenvalue weighted by Crippen LogP contribution is -2.53. The first-order valence-electron chi connectivity index (χ1n) is 10.9. The number of thioether (sulfide) groups is 1. The number of carbonyl (C=O) groups excluding carboxylic acids is 2. The Kier molecular flexibility index (Phi) is 10.9. The maximum absolute atomic E-state index is 13.3. The Labute approximate surface area is 216 Å². The molecule has 0 saturated heterocycles. The predicted molar refractivity (Wildman–Crippen MR) is 140 cm³/mol. The smallest absolute Gasteiger partial charge is 0.243 e. The van der Waals surface area contributed by atoms with Crippen LogP contribution in [0.15, 0.2) is 47.4 Å². The lowest BCUT2D eigenvalue weighted by Gasteiger charge is -2.33. The molecule has 0 fully saturated rings. The van der Waals surface area contributed by atoms with E-state index in [2.05, 4.69) is 5.32 Å². The van der Waals surface area contributed by atoms with Crippen LogP contribution in [-0.2, 0) is 16.1 Å². The molecule has 8 heteroatoms. The zero-order chi connectivity index (χ0) is 24.6. The molecule has 2 aromatic carbocycles. The molecule has 33 heavy (non-hydrogen) atoms. The van der Waals surface area contributed by atoms with Crippen molar-refractivity contribution >= 4 is 58.4 Å². The van der Waals surface area contributed by atoms with E-state index in [4.69, 9.17) is 34.8 Å². The third-order valence-electron chi connectivity index (χ3n) is 4.84. The number of hydrogen-bond donors (Lipinski definition) is 1. The molecule has 180 valence electrons. The van der Waals surface area contributed by atoms with E-state index in [1.165, 1.54) is 0 Å². The van der Waals surface area contributed by atoms with Crippen molar-refractivity contribution in [1.29, 1.82) is 0 Å². The number of nitrogens with one attached hydrogen (secondary N) is 1. The van der Waals surface area contributed by atoms with Crippen molar-refractivity contribution in [2.75, 3.05) is 5.75 Å². The molecule has 0 unspecified atom stereocenters. The van der Waals surface area contributed by atoms with E-state index in [9.17, 15) is 9.59 Å². The Morgan fingerprint density at radius 2 is 1.70 bits per heavy atom. The van der Waals surface area contributed by atoms with E-state index < -0.39 is 11.6 Å². The maximum Gasteiger partial charge on any atom is 0.243 e. The molecule has 0 aliphatic heterocycles. The number of benzene rings is 2. The maximum atomic E-state index is 13.3. The highest BCUT2D eigenvalue weighted by molar-refractivity contribution is 7.99. The number of nitrogens with zero attached hydrogens (tertiary/aromatic N) is 1. The van der Waals surface area contributed by atoms with Gasteiger partial charge in [-0.05, 0) is 81.3 Å². The van der Waals surface area contributed by atoms with Gasteiger partial charge >= 0.3 is 0 Å². The summed E-state index contributed by atoms with van der Waals surface area (Å²) in [6.45, 7) is 7.98. The fraction of sp³-hybridized carbons (Fsp3) is 0.440. The molecule has 0 bridgehead atoms. The van der Waals surface area contributed by atoms with Crippen LogP contribution in [0.5, 0.6) is 0 Å². The summed E-state index contributed by atoms with van der Waals surface area (Å²) in [7, 11) is 0. The second kappa shape index (κ2) is 12.9. The van der Waals surface area contributed by atoms with Crippen LogP contribution in [-0.4, -0.2) is 34.0 Å². The summed E-state index contributed by atoms with van der Waals surface area (Å²) < 4.78 is 0. The molecule has 0 spiro atoms. The Morgan fingerprint density at radius 1 is 1.03 bits per heavy atom. The van der Waals surface area contributed by atoms with Crippen molar-refractivity contribution in [2.45, 2.75) is 70.0 Å². The molecule has 2 rings (SSSR count). The van der Waals surface area contributed by atoms with Gasteiger partial charge in [0.15, 0.2) is 0 Å². The number of hydrogen-bond acceptors (Lipinski definition) is 3. The molecule has 0 radical (unpaired) electrons. The molecule has 4 nitrogen and oxygen atoms in total. The van der Waals surface area contributed by atoms with E-state index in [1.54, 1.807) is 28.8 Å². The second-order valence-electron chi connectivity index (χ2n) is 8.84. The largest absolute Gasteiger partial charge is 0.350 e. The molecule has 0 aromatic heterocycles. The standard InChI is InChI=1S/C25H31Cl3N2O2S/c1-5-22(24(32)29-25(2,3)4)30(16-17-8-13-20(27)21(28)15-17)23(31)7-6-14-33-19-11-9-18(26)10-12-19/h8-13,15,22H,5-7,14,16H2,1-4H3,(H,29,32)/t22-/m0/s1. The van der Waals surface area contributed by atoms with Crippen LogP contribution in [0.4, 0.5) is 0 Å². The molecule has 1 atom stereocenters. The van der Waals surface area contributed by atoms with E-state index in [-0.39, 0.29) is 18.4 Å². The van der Waals surface area contributed by atoms with Crippen molar-refractivity contribution in [3.8, 4) is 0 Å². The molecular formula is C25H31Cl3N2O2S. The van der Waals surface area contributed by atoms with Gasteiger partial charge in [0.05, 0.1) is 10.0 Å². The van der Waals surface area contributed by atoms with Crippen molar-refractivity contribution in [1.82, 2.24) is 10.2 Å². The molecule has 2 aromatic rings. The fourth-order valence-corrected chi connectivity index (χ4v) is 4.59. The average molecular weight is 530 g/mol. The molecule has 0 aliphatic carbocycles. The topological polar surface area (TPSA) is 49.4 Å². The summed E-state index contributed by atoms with van der Waals surface area (Å²) >= 11 is 19.8. The van der Waals surface area contributed by atoms with E-state index in [0.29, 0.717) is 34.3 Å². The van der Waals surface area contributed by atoms with Gasteiger partial charge in [0.1, 0.15) is 6.04 Å². The monoisotopic (exact) mass is 528 g/mol. The Balaban J connectivity index is 2.11. The van der Waals surface area contributed by atoms with Gasteiger partial charge in [-0.1, -0.05) is 47.8 Å². The van der Waals surface area contributed by atoms with E-state index >= 15 is 0 Å². The highest BCUT2D eigenvalue weighted by atomic mass is 35.5. The normalized spacial score (nSPS) is 12.3. The van der Waals surface area contributed by atoms with Gasteiger partial charge in [0.25, 0.3) is 0 Å². The van der Waals surface area contributed by atoms with Gasteiger partial charge < -0.3 is 10.2 Å². The molecule has 1 N–H and O–H groups in total. The number of halogens is 3. The first-order chi connectivity index (χ1) is 15.5. The summed E-state index contributed by atoms with van der Waals surface area (Å²) in [5, 5.41) is 4.59. The minimum absolute atomic E-state index is 0.0614. The lowest BCUT2D eigenvalue weighted by molar-refractivity contribution is -0.142. The second-order valence-corrected chi connectivity index (χ2v) is 11.3. The van der Waals surface area contributed by atoms with E-state index in [1.807, 2.05) is 58.0 Å². The Hall–Kier alpha value is -1.40. The van der Waals surface area contributed by atoms with Crippen molar-refractivity contribution in [3.63, 3.8) is 0 Å². The van der Waals surface area contributed by atoms with Gasteiger partial charge in [-0.2, -0.15) is 0 Å². The van der Waals surface area contributed by atoms with Gasteiger partial charge in [-0.15, -0.1) is 11.8 Å². The third kappa shape index (κ3) is 9.40. The quantitative estimate of drug-likeness (QED) is 0.261. The van der Waals surface area contributed by atoms with Gasteiger partial charge in [-0.3, -0.25) is 9.59 Å². The average Bonchev–Trinajstić information content (AvgIpc) is 2.73. The molecular weight excluding hydrogens is 499 g/mol. The molecule has 2 amide bonds. The summed E-state index contributed by atoms with van der Waals surface area (Å²) in [6, 6.07) is 12.4. The molecule has 0 heterocycles. The first-order valence-corrected chi connectivity index (χ1v) is 13.1. The third-order valence-corrected chi connectivity index (χ3v) is 6.93. The number of amides is 2. The van der Waals surface area contributed by atoms with Gasteiger partial charge in [0.2, 0.25) is 11.8 Å². The minimum atomic E-state index is -0.574. The summed E-state index contributed by atoms with van der Waals surface area (Å²) in [4.78, 5) is 29.1. The first kappa shape index (κ1) is 27.8. The Morgan fingerprint density at radius 3 is 2.27 bits per heavy atom. The lowest BCUT2D eigenvalue weighted by atomic mass is 10.0. The number of rotatable bonds is 10. The van der Waals surface area contributed by atoms with E-state index in [0.717, 1.165) is 16.2 Å². The van der Waals surface area contributed by atoms with Crippen molar-refractivity contribution < 1.29 is 9.59 Å². The summed E-state index contributed by atoms with van der Waals surface area (Å²) in [5.41, 5.74) is 0.438. The highest BCUT2D eigenvalue weighted by Crippen LogP contribution is 2.25. The van der Waals surface area contributed by atoms with Gasteiger partial charge in [-0.25, -0.2) is 0 Å². The summed E-state index contributed by atoms with van der Waals surface area (Å²) in [6.07, 6.45) is 1.55. The van der Waals surface area contributed by atoms with Crippen LogP contribution in [0.3, 0.4) is 0 Å². The zero-order valence-electron chi connectivity index (χ0n) is 19.5. The van der Waals surface area contributed by atoms with Crippen LogP contribution in [0.1, 0.15) is 52.5 Å². The Bertz CT molecular complexity index is 946. The minimum Gasteiger partial charge on any atom is -0.350 e. The SMILES string of the molecule is CC[C@@H](C(=O)NC(C)(C)C)N(Cc1ccc(Cl)c(Cl)c1)C(=O)CCCSc1ccc(Cl)cc1. The predicted octanol–water partition coefficient (Wildman–Crippen LogP) is 7.24. The molecule has 0 aliphatic rings. The van der Waals surface area contributed by atoms with Crippen LogP contribution in [0, 0.1) is 0 Å².